The Balaban J connectivity index is 1.79. The number of nitrogens with one attached hydrogen (secondary N) is 2. The number of sulfone groups is 1. The predicted molar refractivity (Wildman–Crippen MR) is 104 cm³/mol. The molecule has 1 aromatic heterocycles. The summed E-state index contributed by atoms with van der Waals surface area (Å²) in [5, 5.41) is 18.3. The number of carbonyl (C=O) groups excluding carboxylic acids is 2. The van der Waals surface area contributed by atoms with E-state index in [1.165, 1.54) is 4.68 Å². The minimum Gasteiger partial charge on any atom is -0.394 e. The van der Waals surface area contributed by atoms with Crippen molar-refractivity contribution in [2.75, 3.05) is 31.7 Å². The van der Waals surface area contributed by atoms with Gasteiger partial charge in [0.15, 0.2) is 9.84 Å². The van der Waals surface area contributed by atoms with E-state index in [1.807, 2.05) is 0 Å². The molecule has 3 N–H and O–H groups in total. The van der Waals surface area contributed by atoms with E-state index in [-0.39, 0.29) is 43.7 Å². The molecule has 0 aliphatic carbocycles. The highest BCUT2D eigenvalue weighted by Gasteiger charge is 2.33. The molecule has 1 aromatic carbocycles. The fourth-order valence-corrected chi connectivity index (χ4v) is 4.41. The number of carbonyl (C=O) groups is 2. The van der Waals surface area contributed by atoms with Crippen LogP contribution in [0.5, 0.6) is 0 Å². The van der Waals surface area contributed by atoms with Crippen molar-refractivity contribution in [2.45, 2.75) is 11.5 Å². The molecule has 2 aromatic rings. The first-order chi connectivity index (χ1) is 13.8. The molecule has 0 bridgehead atoms. The van der Waals surface area contributed by atoms with Gasteiger partial charge < -0.3 is 20.5 Å². The maximum absolute atomic E-state index is 12.3. The van der Waals surface area contributed by atoms with E-state index in [1.54, 1.807) is 24.3 Å². The topological polar surface area (TPSA) is 140 Å². The second-order valence-electron chi connectivity index (χ2n) is 6.24. The average molecular weight is 443 g/mol. The van der Waals surface area contributed by atoms with Crippen LogP contribution in [0.3, 0.4) is 0 Å². The first kappa shape index (κ1) is 21.2. The molecule has 0 saturated carbocycles. The van der Waals surface area contributed by atoms with Crippen LogP contribution in [0.15, 0.2) is 24.3 Å². The minimum atomic E-state index is -3.36. The van der Waals surface area contributed by atoms with Gasteiger partial charge in [0.05, 0.1) is 42.7 Å². The van der Waals surface area contributed by atoms with E-state index in [4.69, 9.17) is 21.4 Å². The van der Waals surface area contributed by atoms with Crippen LogP contribution in [0.4, 0.5) is 5.82 Å². The van der Waals surface area contributed by atoms with Crippen molar-refractivity contribution in [2.24, 2.45) is 0 Å². The van der Waals surface area contributed by atoms with E-state index in [9.17, 15) is 18.0 Å². The highest BCUT2D eigenvalue weighted by molar-refractivity contribution is 7.90. The van der Waals surface area contributed by atoms with E-state index in [0.717, 1.165) is 0 Å². The van der Waals surface area contributed by atoms with Crippen molar-refractivity contribution in [3.8, 4) is 5.69 Å². The van der Waals surface area contributed by atoms with Gasteiger partial charge in [-0.25, -0.2) is 13.1 Å². The second-order valence-corrected chi connectivity index (χ2v) is 8.74. The molecule has 10 nitrogen and oxygen atoms in total. The minimum absolute atomic E-state index is 0.0786. The number of aromatic nitrogens is 2. The van der Waals surface area contributed by atoms with Crippen molar-refractivity contribution < 1.29 is 27.9 Å². The number of benzene rings is 1. The molecule has 29 heavy (non-hydrogen) atoms. The number of ether oxygens (including phenoxy) is 1. The standard InChI is InChI=1S/C17H19ClN4O6S/c18-11-1-3-12(4-2-11)22-15(13-9-29(26,27)10-14(13)21-22)20-17(25)16(24)19-5-7-28-8-6-23/h1-4,23H,5-10H2,(H,19,24)(H,20,25). The molecular formula is C17H19ClN4O6S. The number of fused-ring (bicyclic) bond motifs is 1. The number of amides is 2. The van der Waals surface area contributed by atoms with Gasteiger partial charge in [0, 0.05) is 17.1 Å². The number of hydrogen-bond donors (Lipinski definition) is 3. The number of rotatable bonds is 7. The van der Waals surface area contributed by atoms with Crippen LogP contribution in [0.1, 0.15) is 11.3 Å². The molecule has 1 aliphatic rings. The summed E-state index contributed by atoms with van der Waals surface area (Å²) in [4.78, 5) is 24.3. The first-order valence-corrected chi connectivity index (χ1v) is 10.9. The van der Waals surface area contributed by atoms with Crippen molar-refractivity contribution in [3.63, 3.8) is 0 Å². The smallest absolute Gasteiger partial charge is 0.314 e. The Bertz CT molecular complexity index is 1020. The molecule has 0 atom stereocenters. The number of hydrogen-bond acceptors (Lipinski definition) is 7. The normalized spacial score (nSPS) is 14.4. The fourth-order valence-electron chi connectivity index (χ4n) is 2.79. The van der Waals surface area contributed by atoms with Gasteiger partial charge in [-0.05, 0) is 24.3 Å². The van der Waals surface area contributed by atoms with Gasteiger partial charge in [0.25, 0.3) is 0 Å². The van der Waals surface area contributed by atoms with Crippen molar-refractivity contribution in [1.82, 2.24) is 15.1 Å². The van der Waals surface area contributed by atoms with Crippen LogP contribution in [-0.2, 0) is 35.7 Å². The SMILES string of the molecule is O=C(NCCOCCO)C(=O)Nc1c2c(nn1-c1ccc(Cl)cc1)CS(=O)(=O)C2. The lowest BCUT2D eigenvalue weighted by atomic mass is 10.2. The number of aliphatic hydroxyl groups excluding tert-OH is 1. The van der Waals surface area contributed by atoms with Crippen LogP contribution in [0.2, 0.25) is 5.02 Å². The van der Waals surface area contributed by atoms with E-state index in [2.05, 4.69) is 15.7 Å². The summed E-state index contributed by atoms with van der Waals surface area (Å²) >= 11 is 5.90. The third-order valence-electron chi connectivity index (χ3n) is 4.06. The highest BCUT2D eigenvalue weighted by Crippen LogP contribution is 2.33. The zero-order valence-electron chi connectivity index (χ0n) is 15.2. The van der Waals surface area contributed by atoms with Crippen LogP contribution in [0.25, 0.3) is 5.69 Å². The highest BCUT2D eigenvalue weighted by atomic mass is 35.5. The largest absolute Gasteiger partial charge is 0.394 e. The number of halogens is 1. The van der Waals surface area contributed by atoms with Gasteiger partial charge >= 0.3 is 11.8 Å². The van der Waals surface area contributed by atoms with Crippen LogP contribution >= 0.6 is 11.6 Å². The van der Waals surface area contributed by atoms with Gasteiger partial charge in [-0.1, -0.05) is 11.6 Å². The summed E-state index contributed by atoms with van der Waals surface area (Å²) in [6.07, 6.45) is 0. The summed E-state index contributed by atoms with van der Waals surface area (Å²) in [6.45, 7) is 0.200. The molecule has 0 saturated heterocycles. The van der Waals surface area contributed by atoms with Gasteiger partial charge in [-0.2, -0.15) is 5.10 Å². The van der Waals surface area contributed by atoms with Crippen molar-refractivity contribution >= 4 is 39.1 Å². The predicted octanol–water partition coefficient (Wildman–Crippen LogP) is 0.0177. The van der Waals surface area contributed by atoms with Crippen molar-refractivity contribution in [1.29, 1.82) is 0 Å². The molecule has 12 heteroatoms. The Morgan fingerprint density at radius 2 is 1.90 bits per heavy atom. The summed E-state index contributed by atoms with van der Waals surface area (Å²) in [5.74, 6) is -2.26. The molecule has 3 rings (SSSR count). The number of anilines is 1. The number of aliphatic hydroxyl groups is 1. The summed E-state index contributed by atoms with van der Waals surface area (Å²) in [7, 11) is -3.36. The van der Waals surface area contributed by atoms with Gasteiger partial charge in [0.1, 0.15) is 5.82 Å². The van der Waals surface area contributed by atoms with E-state index >= 15 is 0 Å². The Kier molecular flexibility index (Phi) is 6.52. The Labute approximate surface area is 171 Å². The van der Waals surface area contributed by atoms with Crippen LogP contribution < -0.4 is 10.6 Å². The quantitative estimate of drug-likeness (QED) is 0.405. The molecule has 156 valence electrons. The summed E-state index contributed by atoms with van der Waals surface area (Å²) in [6, 6.07) is 6.58. The molecule has 2 heterocycles. The Morgan fingerprint density at radius 1 is 1.17 bits per heavy atom. The Morgan fingerprint density at radius 3 is 2.59 bits per heavy atom. The molecule has 0 radical (unpaired) electrons. The Hall–Kier alpha value is -2.47. The average Bonchev–Trinajstić information content (AvgIpc) is 3.14. The molecular weight excluding hydrogens is 424 g/mol. The zero-order chi connectivity index (χ0) is 21.0. The number of nitrogens with zero attached hydrogens (tertiary/aromatic N) is 2. The zero-order valence-corrected chi connectivity index (χ0v) is 16.8. The molecule has 0 spiro atoms. The second kappa shape index (κ2) is 8.91. The third kappa shape index (κ3) is 5.12. The van der Waals surface area contributed by atoms with Crippen LogP contribution in [-0.4, -0.2) is 61.5 Å². The first-order valence-electron chi connectivity index (χ1n) is 8.65. The monoisotopic (exact) mass is 442 g/mol. The lowest BCUT2D eigenvalue weighted by Crippen LogP contribution is -2.37. The third-order valence-corrected chi connectivity index (χ3v) is 5.76. The molecule has 1 aliphatic heterocycles. The van der Waals surface area contributed by atoms with E-state index in [0.29, 0.717) is 22.0 Å². The fraction of sp³-hybridized carbons (Fsp3) is 0.353. The molecule has 2 amide bonds. The van der Waals surface area contributed by atoms with Gasteiger partial charge in [-0.3, -0.25) is 9.59 Å². The summed E-state index contributed by atoms with van der Waals surface area (Å²) < 4.78 is 30.3. The van der Waals surface area contributed by atoms with Gasteiger partial charge in [0.2, 0.25) is 0 Å². The molecule has 0 unspecified atom stereocenters. The van der Waals surface area contributed by atoms with Crippen LogP contribution in [0, 0.1) is 0 Å². The summed E-state index contributed by atoms with van der Waals surface area (Å²) in [5.41, 5.74) is 1.23. The molecule has 0 fully saturated rings. The van der Waals surface area contributed by atoms with E-state index < -0.39 is 21.7 Å². The lowest BCUT2D eigenvalue weighted by molar-refractivity contribution is -0.136. The lowest BCUT2D eigenvalue weighted by Gasteiger charge is -2.11. The maximum atomic E-state index is 12.3. The van der Waals surface area contributed by atoms with Gasteiger partial charge in [-0.15, -0.1) is 0 Å². The van der Waals surface area contributed by atoms with Crippen molar-refractivity contribution in [3.05, 3.63) is 40.5 Å². The maximum Gasteiger partial charge on any atom is 0.314 e.